The number of anilines is 1. The molecule has 0 atom stereocenters. The van der Waals surface area contributed by atoms with Gasteiger partial charge in [-0.15, -0.1) is 0 Å². The van der Waals surface area contributed by atoms with Crippen LogP contribution in [-0.4, -0.2) is 37.9 Å². The Morgan fingerprint density at radius 2 is 2.06 bits per heavy atom. The van der Waals surface area contributed by atoms with Crippen LogP contribution < -0.4 is 16.6 Å². The van der Waals surface area contributed by atoms with Crippen LogP contribution in [0.3, 0.4) is 0 Å². The fraction of sp³-hybridized carbons (Fsp3) is 0.417. The molecule has 1 rings (SSSR count). The van der Waals surface area contributed by atoms with Crippen molar-refractivity contribution in [1.82, 2.24) is 10.2 Å². The van der Waals surface area contributed by atoms with Gasteiger partial charge in [0.15, 0.2) is 0 Å². The Labute approximate surface area is 102 Å². The molecule has 94 valence electrons. The van der Waals surface area contributed by atoms with E-state index < -0.39 is 0 Å². The third-order valence-electron chi connectivity index (χ3n) is 2.44. The maximum Gasteiger partial charge on any atom is 0.127 e. The molecule has 0 aliphatic carbocycles. The summed E-state index contributed by atoms with van der Waals surface area (Å²) in [4.78, 5) is 2.13. The molecule has 5 nitrogen and oxygen atoms in total. The van der Waals surface area contributed by atoms with Crippen LogP contribution in [0.5, 0.6) is 0 Å². The van der Waals surface area contributed by atoms with Gasteiger partial charge in [0.05, 0.1) is 5.69 Å². The molecule has 0 unspecified atom stereocenters. The SMILES string of the molecule is CN(C)CCCNC(=N)c1ccccc1NN. The van der Waals surface area contributed by atoms with E-state index in [1.807, 2.05) is 38.4 Å². The van der Waals surface area contributed by atoms with Crippen LogP contribution in [0.4, 0.5) is 5.69 Å². The van der Waals surface area contributed by atoms with Crippen molar-refractivity contribution in [3.05, 3.63) is 29.8 Å². The molecule has 0 aromatic heterocycles. The van der Waals surface area contributed by atoms with Gasteiger partial charge in [-0.05, 0) is 39.2 Å². The third kappa shape index (κ3) is 4.42. The van der Waals surface area contributed by atoms with E-state index in [-0.39, 0.29) is 0 Å². The predicted molar refractivity (Wildman–Crippen MR) is 72.3 cm³/mol. The Bertz CT molecular complexity index is 362. The van der Waals surface area contributed by atoms with E-state index in [0.29, 0.717) is 5.84 Å². The molecule has 0 radical (unpaired) electrons. The molecule has 5 N–H and O–H groups in total. The molecule has 0 heterocycles. The molecule has 0 aliphatic heterocycles. The second-order valence-corrected chi connectivity index (χ2v) is 4.15. The number of para-hydroxylation sites is 1. The number of nitrogen functional groups attached to an aromatic ring is 1. The normalized spacial score (nSPS) is 10.4. The van der Waals surface area contributed by atoms with E-state index >= 15 is 0 Å². The van der Waals surface area contributed by atoms with Gasteiger partial charge in [-0.25, -0.2) is 0 Å². The zero-order valence-electron chi connectivity index (χ0n) is 10.5. The Kier molecular flexibility index (Phi) is 5.45. The number of hydrogen-bond donors (Lipinski definition) is 4. The number of nitrogens with two attached hydrogens (primary N) is 1. The Hall–Kier alpha value is -1.59. The van der Waals surface area contributed by atoms with E-state index in [0.717, 1.165) is 30.8 Å². The molecule has 5 heteroatoms. The van der Waals surface area contributed by atoms with Crippen LogP contribution in [0.25, 0.3) is 0 Å². The van der Waals surface area contributed by atoms with Crippen LogP contribution >= 0.6 is 0 Å². The smallest absolute Gasteiger partial charge is 0.127 e. The molecule has 0 spiro atoms. The van der Waals surface area contributed by atoms with Crippen molar-refractivity contribution < 1.29 is 0 Å². The van der Waals surface area contributed by atoms with E-state index in [1.165, 1.54) is 0 Å². The van der Waals surface area contributed by atoms with Crippen LogP contribution in [0.15, 0.2) is 24.3 Å². The average molecular weight is 235 g/mol. The highest BCUT2D eigenvalue weighted by Gasteiger charge is 2.05. The summed E-state index contributed by atoms with van der Waals surface area (Å²) in [7, 11) is 4.08. The topological polar surface area (TPSA) is 77.2 Å². The summed E-state index contributed by atoms with van der Waals surface area (Å²) in [5.74, 6) is 5.80. The van der Waals surface area contributed by atoms with Crippen molar-refractivity contribution >= 4 is 11.5 Å². The number of amidine groups is 1. The van der Waals surface area contributed by atoms with Gasteiger partial charge in [-0.3, -0.25) is 11.3 Å². The summed E-state index contributed by atoms with van der Waals surface area (Å²) < 4.78 is 0. The van der Waals surface area contributed by atoms with E-state index in [4.69, 9.17) is 11.3 Å². The first-order chi connectivity index (χ1) is 8.15. The van der Waals surface area contributed by atoms with Crippen molar-refractivity contribution in [1.29, 1.82) is 5.41 Å². The highest BCUT2D eigenvalue weighted by molar-refractivity contribution is 6.01. The summed E-state index contributed by atoms with van der Waals surface area (Å²) in [6, 6.07) is 7.51. The highest BCUT2D eigenvalue weighted by atomic mass is 15.2. The standard InChI is InChI=1S/C12H21N5/c1-17(2)9-5-8-15-12(13)10-6-3-4-7-11(10)16-14/h3-4,6-7,16H,5,8-9,14H2,1-2H3,(H2,13,15). The minimum absolute atomic E-state index is 0.400. The molecule has 1 aromatic carbocycles. The number of nitrogens with zero attached hydrogens (tertiary/aromatic N) is 1. The first-order valence-electron chi connectivity index (χ1n) is 5.68. The molecular formula is C12H21N5. The fourth-order valence-corrected chi connectivity index (χ4v) is 1.53. The first-order valence-corrected chi connectivity index (χ1v) is 5.68. The van der Waals surface area contributed by atoms with Crippen molar-refractivity contribution in [3.63, 3.8) is 0 Å². The zero-order valence-corrected chi connectivity index (χ0v) is 10.5. The number of rotatable bonds is 6. The van der Waals surface area contributed by atoms with Crippen LogP contribution in [0, 0.1) is 5.41 Å². The van der Waals surface area contributed by atoms with Crippen molar-refractivity contribution in [2.75, 3.05) is 32.6 Å². The van der Waals surface area contributed by atoms with Crippen molar-refractivity contribution in [2.45, 2.75) is 6.42 Å². The molecule has 0 amide bonds. The number of nitrogens with one attached hydrogen (secondary N) is 3. The number of hydrogen-bond acceptors (Lipinski definition) is 4. The molecule has 0 saturated carbocycles. The summed E-state index contributed by atoms with van der Waals surface area (Å²) in [5, 5.41) is 11.0. The van der Waals surface area contributed by atoms with Crippen LogP contribution in [0.1, 0.15) is 12.0 Å². The maximum atomic E-state index is 7.94. The van der Waals surface area contributed by atoms with Gasteiger partial charge >= 0.3 is 0 Å². The summed E-state index contributed by atoms with van der Waals surface area (Å²) in [5.41, 5.74) is 4.15. The van der Waals surface area contributed by atoms with Gasteiger partial charge < -0.3 is 15.6 Å². The Morgan fingerprint density at radius 3 is 2.71 bits per heavy atom. The Morgan fingerprint density at radius 1 is 1.35 bits per heavy atom. The van der Waals surface area contributed by atoms with Crippen LogP contribution in [0.2, 0.25) is 0 Å². The number of hydrazine groups is 1. The highest BCUT2D eigenvalue weighted by Crippen LogP contribution is 2.12. The first kappa shape index (κ1) is 13.5. The molecule has 1 aromatic rings. The van der Waals surface area contributed by atoms with Crippen molar-refractivity contribution in [2.24, 2.45) is 5.84 Å². The summed E-state index contributed by atoms with van der Waals surface area (Å²) >= 11 is 0. The minimum Gasteiger partial charge on any atom is -0.370 e. The lowest BCUT2D eigenvalue weighted by atomic mass is 10.1. The van der Waals surface area contributed by atoms with Gasteiger partial charge in [0.2, 0.25) is 0 Å². The van der Waals surface area contributed by atoms with E-state index in [2.05, 4.69) is 15.6 Å². The monoisotopic (exact) mass is 235 g/mol. The lowest BCUT2D eigenvalue weighted by molar-refractivity contribution is 0.400. The lowest BCUT2D eigenvalue weighted by Gasteiger charge is -2.13. The fourth-order valence-electron chi connectivity index (χ4n) is 1.53. The molecule has 17 heavy (non-hydrogen) atoms. The van der Waals surface area contributed by atoms with Crippen LogP contribution in [-0.2, 0) is 0 Å². The van der Waals surface area contributed by atoms with Gasteiger partial charge in [0.25, 0.3) is 0 Å². The van der Waals surface area contributed by atoms with Gasteiger partial charge in [0, 0.05) is 12.1 Å². The van der Waals surface area contributed by atoms with Gasteiger partial charge in [-0.2, -0.15) is 0 Å². The van der Waals surface area contributed by atoms with Gasteiger partial charge in [0.1, 0.15) is 5.84 Å². The second-order valence-electron chi connectivity index (χ2n) is 4.15. The minimum atomic E-state index is 0.400. The second kappa shape index (κ2) is 6.88. The average Bonchev–Trinajstić information content (AvgIpc) is 2.34. The molecule has 0 aliphatic rings. The zero-order chi connectivity index (χ0) is 12.7. The predicted octanol–water partition coefficient (Wildman–Crippen LogP) is 0.839. The summed E-state index contributed by atoms with van der Waals surface area (Å²) in [6.45, 7) is 1.80. The molecule has 0 bridgehead atoms. The number of benzene rings is 1. The largest absolute Gasteiger partial charge is 0.370 e. The summed E-state index contributed by atoms with van der Waals surface area (Å²) in [6.07, 6.45) is 1.01. The quantitative estimate of drug-likeness (QED) is 0.194. The maximum absolute atomic E-state index is 7.94. The Balaban J connectivity index is 2.47. The van der Waals surface area contributed by atoms with E-state index in [9.17, 15) is 0 Å². The third-order valence-corrected chi connectivity index (χ3v) is 2.44. The lowest BCUT2D eigenvalue weighted by Crippen LogP contribution is -2.28. The van der Waals surface area contributed by atoms with E-state index in [1.54, 1.807) is 0 Å². The molecular weight excluding hydrogens is 214 g/mol. The van der Waals surface area contributed by atoms with Gasteiger partial charge in [-0.1, -0.05) is 12.1 Å². The van der Waals surface area contributed by atoms with Crippen molar-refractivity contribution in [3.8, 4) is 0 Å². The molecule has 0 saturated heterocycles. The molecule has 0 fully saturated rings.